The second-order valence-electron chi connectivity index (χ2n) is 10.3. The largest absolute Gasteiger partial charge is 0.479 e. The number of aliphatic carboxylic acids is 1. The monoisotopic (exact) mass is 604 g/mol. The molecule has 2 saturated heterocycles. The van der Waals surface area contributed by atoms with E-state index in [9.17, 15) is 45.6 Å². The lowest BCUT2D eigenvalue weighted by Gasteiger charge is -2.40. The third-order valence-electron chi connectivity index (χ3n) is 7.29. The Labute approximate surface area is 247 Å². The lowest BCUT2D eigenvalue weighted by atomic mass is 9.96. The zero-order valence-electron chi connectivity index (χ0n) is 23.0. The standard InChI is InChI=1S/C30H36O13/c1-3-5-14-7-9-18(40-29-25(36)22(33)21(32)20(13-31)42-29)16(11-14)17-12-15(6-4-2)8-10-19(17)41-30-26(37)23(34)24(35)27(43-30)28(38)39/h3-4,7-12,20-27,29-37H,1-2,5-6,13H2,(H,38,39)/t20-,21-,22+,23+,24+,25-,26-,27+,29-,30-/m1/s1. The number of aliphatic hydroxyl groups is 7. The van der Waals surface area contributed by atoms with Crippen LogP contribution in [0.1, 0.15) is 11.1 Å². The summed E-state index contributed by atoms with van der Waals surface area (Å²) in [5.41, 5.74) is 2.28. The van der Waals surface area contributed by atoms with E-state index in [0.29, 0.717) is 24.0 Å². The molecule has 0 radical (unpaired) electrons. The molecule has 0 aliphatic carbocycles. The molecule has 2 aliphatic heterocycles. The molecule has 2 aromatic rings. The van der Waals surface area contributed by atoms with E-state index in [0.717, 1.165) is 11.1 Å². The molecular weight excluding hydrogens is 568 g/mol. The van der Waals surface area contributed by atoms with E-state index < -0.39 is 74.0 Å². The van der Waals surface area contributed by atoms with E-state index in [1.807, 2.05) is 0 Å². The Kier molecular flexibility index (Phi) is 10.6. The topological polar surface area (TPSA) is 216 Å². The third kappa shape index (κ3) is 6.91. The zero-order valence-corrected chi connectivity index (χ0v) is 23.0. The summed E-state index contributed by atoms with van der Waals surface area (Å²) < 4.78 is 22.8. The highest BCUT2D eigenvalue weighted by atomic mass is 16.7. The van der Waals surface area contributed by atoms with Crippen molar-refractivity contribution in [3.63, 3.8) is 0 Å². The second kappa shape index (κ2) is 13.9. The summed E-state index contributed by atoms with van der Waals surface area (Å²) in [6.45, 7) is 6.87. The number of aliphatic hydroxyl groups excluding tert-OH is 7. The summed E-state index contributed by atoms with van der Waals surface area (Å²) in [6, 6.07) is 9.99. The molecule has 0 unspecified atom stereocenters. The molecule has 13 nitrogen and oxygen atoms in total. The molecular formula is C30H36O13. The average Bonchev–Trinajstić information content (AvgIpc) is 2.99. The van der Waals surface area contributed by atoms with Crippen molar-refractivity contribution in [2.45, 2.75) is 74.3 Å². The van der Waals surface area contributed by atoms with Crippen LogP contribution in [0, 0.1) is 0 Å². The highest BCUT2D eigenvalue weighted by Crippen LogP contribution is 2.41. The SMILES string of the molecule is C=CCc1ccc(O[C@@H]2O[C@H](C(=O)O)[C@@H](O)[C@H](O)[C@H]2O)c(-c2cc(CC=C)ccc2O[C@@H]2O[C@H](CO)[C@@H](O)[C@H](O)[C@H]2O)c1. The Morgan fingerprint density at radius 1 is 0.721 bits per heavy atom. The van der Waals surface area contributed by atoms with Gasteiger partial charge in [0.25, 0.3) is 0 Å². The Morgan fingerprint density at radius 2 is 1.19 bits per heavy atom. The van der Waals surface area contributed by atoms with Gasteiger partial charge in [0, 0.05) is 11.1 Å². The van der Waals surface area contributed by atoms with Gasteiger partial charge in [0.05, 0.1) is 6.61 Å². The molecule has 2 heterocycles. The summed E-state index contributed by atoms with van der Waals surface area (Å²) >= 11 is 0. The fourth-order valence-electron chi connectivity index (χ4n) is 4.93. The molecule has 0 bridgehead atoms. The average molecular weight is 605 g/mol. The molecule has 8 N–H and O–H groups in total. The fourth-order valence-corrected chi connectivity index (χ4v) is 4.93. The molecule has 0 aromatic heterocycles. The zero-order chi connectivity index (χ0) is 31.4. The molecule has 2 aromatic carbocycles. The van der Waals surface area contributed by atoms with Crippen LogP contribution >= 0.6 is 0 Å². The number of hydrogen-bond donors (Lipinski definition) is 8. The van der Waals surface area contributed by atoms with Gasteiger partial charge in [0.2, 0.25) is 12.6 Å². The van der Waals surface area contributed by atoms with Crippen LogP contribution in [-0.2, 0) is 27.1 Å². The Morgan fingerprint density at radius 3 is 1.63 bits per heavy atom. The molecule has 0 saturated carbocycles. The van der Waals surface area contributed by atoms with Crippen molar-refractivity contribution in [3.8, 4) is 22.6 Å². The van der Waals surface area contributed by atoms with Gasteiger partial charge < -0.3 is 59.8 Å². The summed E-state index contributed by atoms with van der Waals surface area (Å²) in [5.74, 6) is -1.37. The predicted octanol–water partition coefficient (Wildman–Crippen LogP) is -0.740. The van der Waals surface area contributed by atoms with Crippen molar-refractivity contribution in [2.75, 3.05) is 6.61 Å². The summed E-state index contributed by atoms with van der Waals surface area (Å²) in [4.78, 5) is 11.6. The summed E-state index contributed by atoms with van der Waals surface area (Å²) in [5, 5.41) is 81.0. The van der Waals surface area contributed by atoms with Crippen molar-refractivity contribution < 1.29 is 64.6 Å². The number of carboxylic acids is 1. The van der Waals surface area contributed by atoms with Crippen LogP contribution in [0.2, 0.25) is 0 Å². The molecule has 0 spiro atoms. The first kappa shape index (κ1) is 32.5. The van der Waals surface area contributed by atoms with E-state index in [1.165, 1.54) is 6.07 Å². The lowest BCUT2D eigenvalue weighted by Crippen LogP contribution is -2.61. The van der Waals surface area contributed by atoms with Gasteiger partial charge in [-0.05, 0) is 48.2 Å². The van der Waals surface area contributed by atoms with Gasteiger partial charge in [-0.15, -0.1) is 13.2 Å². The molecule has 43 heavy (non-hydrogen) atoms. The normalized spacial score (nSPS) is 32.5. The Bertz CT molecular complexity index is 1300. The molecule has 2 fully saturated rings. The number of benzene rings is 2. The number of carboxylic acid groups (broad SMARTS) is 1. The van der Waals surface area contributed by atoms with Crippen LogP contribution in [0.25, 0.3) is 11.1 Å². The van der Waals surface area contributed by atoms with Gasteiger partial charge in [-0.1, -0.05) is 24.3 Å². The van der Waals surface area contributed by atoms with Crippen LogP contribution in [0.5, 0.6) is 11.5 Å². The maximum atomic E-state index is 11.6. The number of ether oxygens (including phenoxy) is 4. The minimum Gasteiger partial charge on any atom is -0.479 e. The van der Waals surface area contributed by atoms with Crippen molar-refractivity contribution in [3.05, 3.63) is 72.8 Å². The van der Waals surface area contributed by atoms with Gasteiger partial charge in [-0.25, -0.2) is 4.79 Å². The molecule has 0 amide bonds. The minimum absolute atomic E-state index is 0.0685. The first-order valence-electron chi connectivity index (χ1n) is 13.5. The van der Waals surface area contributed by atoms with Crippen LogP contribution in [0.15, 0.2) is 61.7 Å². The van der Waals surface area contributed by atoms with Crippen molar-refractivity contribution in [1.29, 1.82) is 0 Å². The van der Waals surface area contributed by atoms with Gasteiger partial charge in [0.15, 0.2) is 6.10 Å². The van der Waals surface area contributed by atoms with E-state index in [-0.39, 0.29) is 11.5 Å². The first-order chi connectivity index (χ1) is 20.5. The van der Waals surface area contributed by atoms with Crippen LogP contribution < -0.4 is 9.47 Å². The smallest absolute Gasteiger partial charge is 0.335 e. The number of rotatable bonds is 11. The van der Waals surface area contributed by atoms with Crippen molar-refractivity contribution in [2.24, 2.45) is 0 Å². The quantitative estimate of drug-likeness (QED) is 0.149. The van der Waals surface area contributed by atoms with Crippen LogP contribution in [-0.4, -0.2) is 115 Å². The highest BCUT2D eigenvalue weighted by Gasteiger charge is 2.48. The molecule has 4 rings (SSSR count). The third-order valence-corrected chi connectivity index (χ3v) is 7.29. The van der Waals surface area contributed by atoms with E-state index in [1.54, 1.807) is 42.5 Å². The van der Waals surface area contributed by atoms with Gasteiger partial charge in [0.1, 0.15) is 54.2 Å². The Balaban J connectivity index is 1.78. The number of allylic oxidation sites excluding steroid dienone is 2. The minimum atomic E-state index is -1.91. The van der Waals surface area contributed by atoms with Gasteiger partial charge in [-0.2, -0.15) is 0 Å². The van der Waals surface area contributed by atoms with E-state index >= 15 is 0 Å². The van der Waals surface area contributed by atoms with Crippen LogP contribution in [0.3, 0.4) is 0 Å². The fraction of sp³-hybridized carbons (Fsp3) is 0.433. The molecule has 234 valence electrons. The molecule has 2 aliphatic rings. The first-order valence-corrected chi connectivity index (χ1v) is 13.5. The van der Waals surface area contributed by atoms with Crippen molar-refractivity contribution >= 4 is 5.97 Å². The summed E-state index contributed by atoms with van der Waals surface area (Å²) in [6.07, 6.45) is -12.6. The van der Waals surface area contributed by atoms with Gasteiger partial charge >= 0.3 is 5.97 Å². The lowest BCUT2D eigenvalue weighted by molar-refractivity contribution is -0.277. The number of hydrogen-bond acceptors (Lipinski definition) is 12. The Hall–Kier alpha value is -3.37. The second-order valence-corrected chi connectivity index (χ2v) is 10.3. The number of carbonyl (C=O) groups is 1. The van der Waals surface area contributed by atoms with E-state index in [4.69, 9.17) is 18.9 Å². The van der Waals surface area contributed by atoms with Crippen molar-refractivity contribution in [1.82, 2.24) is 0 Å². The van der Waals surface area contributed by atoms with E-state index in [2.05, 4.69) is 13.2 Å². The predicted molar refractivity (Wildman–Crippen MR) is 149 cm³/mol. The maximum Gasteiger partial charge on any atom is 0.335 e. The van der Waals surface area contributed by atoms with Gasteiger partial charge in [-0.3, -0.25) is 0 Å². The van der Waals surface area contributed by atoms with Crippen LogP contribution in [0.4, 0.5) is 0 Å². The maximum absolute atomic E-state index is 11.6. The molecule has 13 heteroatoms. The highest BCUT2D eigenvalue weighted by molar-refractivity contribution is 5.77. The molecule has 10 atom stereocenters. The summed E-state index contributed by atoms with van der Waals surface area (Å²) in [7, 11) is 0.